The van der Waals surface area contributed by atoms with E-state index < -0.39 is 11.7 Å². The molecule has 136 valence electrons. The van der Waals surface area contributed by atoms with Crippen LogP contribution >= 0.6 is 36.6 Å². The maximum absolute atomic E-state index is 12.7. The highest BCUT2D eigenvalue weighted by molar-refractivity contribution is 7.98. The Hall–Kier alpha value is -1.64. The minimum Gasteiger partial charge on any atom is -0.497 e. The number of hydrogen-bond acceptors (Lipinski definition) is 4. The summed E-state index contributed by atoms with van der Waals surface area (Å²) in [4.78, 5) is 11.4. The lowest BCUT2D eigenvalue weighted by Crippen LogP contribution is -2.04. The second-order valence-electron chi connectivity index (χ2n) is 4.75. The van der Waals surface area contributed by atoms with Gasteiger partial charge in [-0.1, -0.05) is 11.8 Å². The second-order valence-corrected chi connectivity index (χ2v) is 5.71. The summed E-state index contributed by atoms with van der Waals surface area (Å²) in [5, 5.41) is 0.545. The van der Waals surface area contributed by atoms with Gasteiger partial charge in [-0.3, -0.25) is 4.98 Å². The predicted octanol–water partition coefficient (Wildman–Crippen LogP) is 5.12. The van der Waals surface area contributed by atoms with Crippen molar-refractivity contribution in [1.82, 2.24) is 15.0 Å². The number of nitrogens with zero attached hydrogens (tertiary/aromatic N) is 2. The van der Waals surface area contributed by atoms with Crippen molar-refractivity contribution in [1.29, 1.82) is 0 Å². The van der Waals surface area contributed by atoms with E-state index in [2.05, 4.69) is 15.0 Å². The zero-order valence-electron chi connectivity index (χ0n) is 12.8. The Morgan fingerprint density at radius 1 is 1.16 bits per heavy atom. The number of rotatable bonds is 4. The standard InChI is InChI=1S/C15H12F3N3OS.2ClH/c1-22-11-4-5-19-10(7-11)8-23-14-20-12-3-2-9(15(16,17)18)6-13(12)21-14;;/h2-7H,8H2,1H3,(H,20,21);2*1H. The van der Waals surface area contributed by atoms with Gasteiger partial charge < -0.3 is 9.72 Å². The lowest BCUT2D eigenvalue weighted by Gasteiger charge is -2.04. The van der Waals surface area contributed by atoms with Crippen molar-refractivity contribution in [3.8, 4) is 5.75 Å². The molecule has 3 rings (SSSR count). The molecule has 0 bridgehead atoms. The van der Waals surface area contributed by atoms with E-state index in [-0.39, 0.29) is 24.8 Å². The van der Waals surface area contributed by atoms with Gasteiger partial charge in [-0.25, -0.2) is 4.98 Å². The molecule has 2 aromatic heterocycles. The number of nitrogens with one attached hydrogen (secondary N) is 1. The van der Waals surface area contributed by atoms with E-state index in [1.165, 1.54) is 17.8 Å². The number of benzene rings is 1. The van der Waals surface area contributed by atoms with Gasteiger partial charge in [0.05, 0.1) is 29.4 Å². The molecule has 2 heterocycles. The predicted molar refractivity (Wildman–Crippen MR) is 95.9 cm³/mol. The fourth-order valence-corrected chi connectivity index (χ4v) is 2.82. The fraction of sp³-hybridized carbons (Fsp3) is 0.200. The first kappa shape index (κ1) is 21.4. The zero-order chi connectivity index (χ0) is 16.4. The van der Waals surface area contributed by atoms with Crippen LogP contribution in [0.25, 0.3) is 11.0 Å². The third-order valence-corrected chi connectivity index (χ3v) is 4.08. The average Bonchev–Trinajstić information content (AvgIpc) is 2.94. The van der Waals surface area contributed by atoms with Gasteiger partial charge >= 0.3 is 6.18 Å². The normalized spacial score (nSPS) is 10.9. The van der Waals surface area contributed by atoms with E-state index in [4.69, 9.17) is 4.74 Å². The molecule has 0 atom stereocenters. The molecule has 0 saturated heterocycles. The molecule has 0 aliphatic rings. The smallest absolute Gasteiger partial charge is 0.416 e. The Kier molecular flexibility index (Phi) is 7.40. The number of H-pyrrole nitrogens is 1. The molecule has 3 aromatic rings. The molecule has 0 radical (unpaired) electrons. The molecular weight excluding hydrogens is 398 g/mol. The van der Waals surface area contributed by atoms with Crippen LogP contribution in [-0.2, 0) is 11.9 Å². The lowest BCUT2D eigenvalue weighted by molar-refractivity contribution is -0.137. The summed E-state index contributed by atoms with van der Waals surface area (Å²) in [5.41, 5.74) is 0.952. The number of hydrogen-bond donors (Lipinski definition) is 1. The van der Waals surface area contributed by atoms with Crippen LogP contribution < -0.4 is 4.74 Å². The van der Waals surface area contributed by atoms with Gasteiger partial charge in [0.2, 0.25) is 0 Å². The van der Waals surface area contributed by atoms with Gasteiger partial charge in [0, 0.05) is 18.0 Å². The van der Waals surface area contributed by atoms with Crippen molar-refractivity contribution in [2.24, 2.45) is 0 Å². The van der Waals surface area contributed by atoms with Crippen molar-refractivity contribution in [3.05, 3.63) is 47.8 Å². The molecule has 0 saturated carbocycles. The Morgan fingerprint density at radius 3 is 2.60 bits per heavy atom. The van der Waals surface area contributed by atoms with Crippen LogP contribution in [0.15, 0.2) is 41.7 Å². The highest BCUT2D eigenvalue weighted by Crippen LogP contribution is 2.32. The average molecular weight is 412 g/mol. The third kappa shape index (κ3) is 5.17. The van der Waals surface area contributed by atoms with Gasteiger partial charge in [-0.05, 0) is 24.3 Å². The number of fused-ring (bicyclic) bond motifs is 1. The zero-order valence-corrected chi connectivity index (χ0v) is 15.3. The topological polar surface area (TPSA) is 50.8 Å². The minimum atomic E-state index is -4.37. The molecule has 1 N–H and O–H groups in total. The molecule has 0 amide bonds. The van der Waals surface area contributed by atoms with E-state index >= 15 is 0 Å². The lowest BCUT2D eigenvalue weighted by atomic mass is 10.2. The molecule has 0 spiro atoms. The summed E-state index contributed by atoms with van der Waals surface area (Å²) in [6, 6.07) is 7.02. The van der Waals surface area contributed by atoms with E-state index in [0.717, 1.165) is 17.8 Å². The molecule has 4 nitrogen and oxygen atoms in total. The van der Waals surface area contributed by atoms with Crippen molar-refractivity contribution < 1.29 is 17.9 Å². The van der Waals surface area contributed by atoms with Gasteiger partial charge in [-0.15, -0.1) is 24.8 Å². The van der Waals surface area contributed by atoms with Gasteiger partial charge in [-0.2, -0.15) is 13.2 Å². The maximum Gasteiger partial charge on any atom is 0.416 e. The monoisotopic (exact) mass is 411 g/mol. The molecule has 0 unspecified atom stereocenters. The number of pyridine rings is 1. The largest absolute Gasteiger partial charge is 0.497 e. The number of ether oxygens (including phenoxy) is 1. The van der Waals surface area contributed by atoms with Crippen LogP contribution in [0.2, 0.25) is 0 Å². The van der Waals surface area contributed by atoms with Crippen LogP contribution in [0, 0.1) is 0 Å². The van der Waals surface area contributed by atoms with Crippen molar-refractivity contribution in [3.63, 3.8) is 0 Å². The molecular formula is C15H14Cl2F3N3OS. The fourth-order valence-electron chi connectivity index (χ4n) is 2.03. The Morgan fingerprint density at radius 2 is 1.92 bits per heavy atom. The third-order valence-electron chi connectivity index (χ3n) is 3.17. The molecule has 1 aromatic carbocycles. The number of aromatic amines is 1. The minimum absolute atomic E-state index is 0. The van der Waals surface area contributed by atoms with Crippen molar-refractivity contribution in [2.75, 3.05) is 7.11 Å². The summed E-state index contributed by atoms with van der Waals surface area (Å²) < 4.78 is 43.2. The first-order valence-corrected chi connectivity index (χ1v) is 7.63. The van der Waals surface area contributed by atoms with E-state index in [1.807, 2.05) is 0 Å². The SMILES string of the molecule is COc1ccnc(CSc2nc3cc(C(F)(F)F)ccc3[nH]2)c1.Cl.Cl. The van der Waals surface area contributed by atoms with Crippen molar-refractivity contribution in [2.45, 2.75) is 17.1 Å². The van der Waals surface area contributed by atoms with Gasteiger partial charge in [0.25, 0.3) is 0 Å². The number of methoxy groups -OCH3 is 1. The summed E-state index contributed by atoms with van der Waals surface area (Å²) in [7, 11) is 1.57. The van der Waals surface area contributed by atoms with E-state index in [9.17, 15) is 13.2 Å². The van der Waals surface area contributed by atoms with E-state index in [0.29, 0.717) is 27.7 Å². The van der Waals surface area contributed by atoms with Crippen LogP contribution in [-0.4, -0.2) is 22.1 Å². The molecule has 0 fully saturated rings. The Bertz CT molecular complexity index is 842. The molecule has 0 aliphatic heterocycles. The number of alkyl halides is 3. The van der Waals surface area contributed by atoms with Crippen LogP contribution in [0.4, 0.5) is 13.2 Å². The van der Waals surface area contributed by atoms with E-state index in [1.54, 1.807) is 25.4 Å². The van der Waals surface area contributed by atoms with Gasteiger partial charge in [0.15, 0.2) is 5.16 Å². The first-order valence-electron chi connectivity index (χ1n) is 6.64. The number of imidazole rings is 1. The first-order chi connectivity index (χ1) is 11.0. The molecule has 25 heavy (non-hydrogen) atoms. The van der Waals surface area contributed by atoms with Gasteiger partial charge in [0.1, 0.15) is 5.75 Å². The highest BCUT2D eigenvalue weighted by Gasteiger charge is 2.30. The number of aromatic nitrogens is 3. The summed E-state index contributed by atoms with van der Waals surface area (Å²) >= 11 is 1.37. The number of halogens is 5. The quantitative estimate of drug-likeness (QED) is 0.605. The number of thioether (sulfide) groups is 1. The molecule has 0 aliphatic carbocycles. The highest BCUT2D eigenvalue weighted by atomic mass is 35.5. The molecule has 10 heteroatoms. The summed E-state index contributed by atoms with van der Waals surface area (Å²) in [6.07, 6.45) is -2.73. The summed E-state index contributed by atoms with van der Waals surface area (Å²) in [5.74, 6) is 1.23. The van der Waals surface area contributed by atoms with Crippen LogP contribution in [0.5, 0.6) is 5.75 Å². The summed E-state index contributed by atoms with van der Waals surface area (Å²) in [6.45, 7) is 0. The maximum atomic E-state index is 12.7. The van der Waals surface area contributed by atoms with Crippen LogP contribution in [0.3, 0.4) is 0 Å². The Balaban J connectivity index is 0.00000156. The Labute approximate surface area is 158 Å². The second kappa shape index (κ2) is 8.64. The van der Waals surface area contributed by atoms with Crippen LogP contribution in [0.1, 0.15) is 11.3 Å². The van der Waals surface area contributed by atoms with Crippen molar-refractivity contribution >= 4 is 47.6 Å².